The number of nitrogens with zero attached hydrogens (tertiary/aromatic N) is 4. The molecule has 1 amide bonds. The molecule has 6 heteroatoms. The van der Waals surface area contributed by atoms with Gasteiger partial charge in [0, 0.05) is 13.3 Å². The van der Waals surface area contributed by atoms with Crippen LogP contribution in [0.25, 0.3) is 0 Å². The van der Waals surface area contributed by atoms with E-state index in [0.717, 1.165) is 0 Å². The van der Waals surface area contributed by atoms with Crippen LogP contribution >= 0.6 is 11.8 Å². The third kappa shape index (κ3) is 1.27. The molecule has 13 heavy (non-hydrogen) atoms. The maximum Gasteiger partial charge on any atom is 0.264 e. The SMILES string of the molecule is CSC1=NC(=O)C2C=NN(C)C2=N1. The monoisotopic (exact) mass is 196 g/mol. The molecule has 2 aliphatic heterocycles. The van der Waals surface area contributed by atoms with E-state index in [-0.39, 0.29) is 11.8 Å². The van der Waals surface area contributed by atoms with Crippen molar-refractivity contribution < 1.29 is 4.79 Å². The van der Waals surface area contributed by atoms with Gasteiger partial charge in [0.1, 0.15) is 11.8 Å². The second-order valence-corrected chi connectivity index (χ2v) is 3.45. The smallest absolute Gasteiger partial charge is 0.264 e. The number of amidine groups is 2. The van der Waals surface area contributed by atoms with Crippen LogP contribution in [0.15, 0.2) is 15.1 Å². The van der Waals surface area contributed by atoms with E-state index in [0.29, 0.717) is 11.0 Å². The summed E-state index contributed by atoms with van der Waals surface area (Å²) in [6.07, 6.45) is 3.41. The molecule has 2 heterocycles. The van der Waals surface area contributed by atoms with Gasteiger partial charge in [0.05, 0.1) is 0 Å². The van der Waals surface area contributed by atoms with Gasteiger partial charge in [-0.25, -0.2) is 4.99 Å². The molecule has 68 valence electrons. The molecule has 1 unspecified atom stereocenters. The maximum atomic E-state index is 11.4. The summed E-state index contributed by atoms with van der Waals surface area (Å²) >= 11 is 1.36. The van der Waals surface area contributed by atoms with Crippen LogP contribution in [0.5, 0.6) is 0 Å². The first-order valence-electron chi connectivity index (χ1n) is 3.75. The Hall–Kier alpha value is -1.17. The van der Waals surface area contributed by atoms with Crippen molar-refractivity contribution in [2.45, 2.75) is 0 Å². The summed E-state index contributed by atoms with van der Waals surface area (Å²) < 4.78 is 0. The summed E-state index contributed by atoms with van der Waals surface area (Å²) in [7, 11) is 1.77. The molecule has 0 spiro atoms. The van der Waals surface area contributed by atoms with Crippen molar-refractivity contribution in [1.29, 1.82) is 0 Å². The molecule has 1 atom stereocenters. The lowest BCUT2D eigenvalue weighted by Gasteiger charge is -2.15. The molecule has 0 aromatic heterocycles. The molecule has 0 radical (unpaired) electrons. The number of hydrazone groups is 1. The number of thioether (sulfide) groups is 1. The standard InChI is InChI=1S/C7H8N4OS/c1-11-5-4(3-8-11)6(12)10-7(9-5)13-2/h3-4H,1-2H3. The molecule has 0 aromatic rings. The predicted octanol–water partition coefficient (Wildman–Crippen LogP) is 0.192. The van der Waals surface area contributed by atoms with Crippen molar-refractivity contribution in [1.82, 2.24) is 5.01 Å². The molecular weight excluding hydrogens is 188 g/mol. The highest BCUT2D eigenvalue weighted by atomic mass is 32.2. The minimum atomic E-state index is -0.360. The minimum Gasteiger partial charge on any atom is -0.271 e. The summed E-state index contributed by atoms with van der Waals surface area (Å²) in [5, 5.41) is 6.09. The molecule has 0 saturated carbocycles. The molecule has 0 saturated heterocycles. The molecule has 0 fully saturated rings. The first kappa shape index (κ1) is 8.43. The highest BCUT2D eigenvalue weighted by Gasteiger charge is 2.33. The van der Waals surface area contributed by atoms with Crippen molar-refractivity contribution in [3.8, 4) is 0 Å². The van der Waals surface area contributed by atoms with E-state index >= 15 is 0 Å². The Bertz CT molecular complexity index is 346. The van der Waals surface area contributed by atoms with Gasteiger partial charge in [0.25, 0.3) is 5.91 Å². The molecule has 0 aliphatic carbocycles. The van der Waals surface area contributed by atoms with Crippen LogP contribution in [0.2, 0.25) is 0 Å². The summed E-state index contributed by atoms with van der Waals surface area (Å²) in [5.41, 5.74) is 0. The average molecular weight is 196 g/mol. The minimum absolute atomic E-state index is 0.178. The number of amides is 1. The fraction of sp³-hybridized carbons (Fsp3) is 0.429. The van der Waals surface area contributed by atoms with Crippen molar-refractivity contribution in [2.24, 2.45) is 21.0 Å². The van der Waals surface area contributed by atoms with E-state index in [9.17, 15) is 4.79 Å². The van der Waals surface area contributed by atoms with Crippen LogP contribution in [0.4, 0.5) is 0 Å². The van der Waals surface area contributed by atoms with E-state index in [2.05, 4.69) is 15.1 Å². The first-order chi connectivity index (χ1) is 6.22. The van der Waals surface area contributed by atoms with Crippen molar-refractivity contribution in [3.05, 3.63) is 0 Å². The third-order valence-electron chi connectivity index (χ3n) is 1.86. The third-order valence-corrected chi connectivity index (χ3v) is 2.41. The van der Waals surface area contributed by atoms with Crippen molar-refractivity contribution in [3.63, 3.8) is 0 Å². The fourth-order valence-corrected chi connectivity index (χ4v) is 1.55. The molecule has 2 aliphatic rings. The number of carbonyl (C=O) groups excluding carboxylic acids is 1. The zero-order valence-corrected chi connectivity index (χ0v) is 8.08. The Morgan fingerprint density at radius 1 is 1.54 bits per heavy atom. The lowest BCUT2D eigenvalue weighted by Crippen LogP contribution is -2.32. The van der Waals surface area contributed by atoms with Gasteiger partial charge in [-0.05, 0) is 6.26 Å². The van der Waals surface area contributed by atoms with Crippen LogP contribution in [0.3, 0.4) is 0 Å². The second kappa shape index (κ2) is 2.95. The quantitative estimate of drug-likeness (QED) is 0.555. The van der Waals surface area contributed by atoms with Gasteiger partial charge in [0.15, 0.2) is 5.17 Å². The number of hydrogen-bond acceptors (Lipinski definition) is 5. The normalized spacial score (nSPS) is 25.8. The summed E-state index contributed by atoms with van der Waals surface area (Å²) in [6.45, 7) is 0. The van der Waals surface area contributed by atoms with Crippen molar-refractivity contribution >= 4 is 34.9 Å². The van der Waals surface area contributed by atoms with E-state index < -0.39 is 0 Å². The Kier molecular flexibility index (Phi) is 1.91. The highest BCUT2D eigenvalue weighted by molar-refractivity contribution is 8.13. The number of rotatable bonds is 0. The van der Waals surface area contributed by atoms with Gasteiger partial charge in [-0.2, -0.15) is 10.1 Å². The van der Waals surface area contributed by atoms with Crippen LogP contribution < -0.4 is 0 Å². The summed E-state index contributed by atoms with van der Waals surface area (Å²) in [4.78, 5) is 19.4. The maximum absolute atomic E-state index is 11.4. The van der Waals surface area contributed by atoms with Gasteiger partial charge in [-0.3, -0.25) is 9.80 Å². The number of hydrogen-bond donors (Lipinski definition) is 0. The summed E-state index contributed by atoms with van der Waals surface area (Å²) in [6, 6.07) is 0. The van der Waals surface area contributed by atoms with E-state index in [1.165, 1.54) is 11.8 Å². The summed E-state index contributed by atoms with van der Waals surface area (Å²) in [5.74, 6) is 0.132. The topological polar surface area (TPSA) is 57.4 Å². The number of carbonyl (C=O) groups is 1. The molecule has 5 nitrogen and oxygen atoms in total. The zero-order valence-electron chi connectivity index (χ0n) is 7.26. The largest absolute Gasteiger partial charge is 0.271 e. The first-order valence-corrected chi connectivity index (χ1v) is 4.98. The van der Waals surface area contributed by atoms with Gasteiger partial charge < -0.3 is 0 Å². The fourth-order valence-electron chi connectivity index (χ4n) is 1.19. The zero-order chi connectivity index (χ0) is 9.42. The van der Waals surface area contributed by atoms with Crippen LogP contribution in [0.1, 0.15) is 0 Å². The Balaban J connectivity index is 2.37. The Morgan fingerprint density at radius 2 is 2.31 bits per heavy atom. The van der Waals surface area contributed by atoms with Crippen LogP contribution in [-0.4, -0.2) is 41.4 Å². The average Bonchev–Trinajstić information content (AvgIpc) is 2.48. The lowest BCUT2D eigenvalue weighted by molar-refractivity contribution is -0.118. The Morgan fingerprint density at radius 3 is 3.00 bits per heavy atom. The van der Waals surface area contributed by atoms with Gasteiger partial charge in [0.2, 0.25) is 0 Å². The van der Waals surface area contributed by atoms with Gasteiger partial charge >= 0.3 is 0 Å². The molecule has 0 bridgehead atoms. The van der Waals surface area contributed by atoms with Gasteiger partial charge in [-0.1, -0.05) is 11.8 Å². The van der Waals surface area contributed by atoms with Crippen LogP contribution in [0, 0.1) is 5.92 Å². The molecular formula is C7H8N4OS. The van der Waals surface area contributed by atoms with Crippen LogP contribution in [-0.2, 0) is 4.79 Å². The van der Waals surface area contributed by atoms with E-state index in [1.54, 1.807) is 18.3 Å². The molecule has 0 N–H and O–H groups in total. The number of fused-ring (bicyclic) bond motifs is 1. The Labute approximate surface area is 79.6 Å². The van der Waals surface area contributed by atoms with E-state index in [1.807, 2.05) is 6.26 Å². The highest BCUT2D eigenvalue weighted by Crippen LogP contribution is 2.18. The van der Waals surface area contributed by atoms with E-state index in [4.69, 9.17) is 0 Å². The van der Waals surface area contributed by atoms with Gasteiger partial charge in [-0.15, -0.1) is 0 Å². The second-order valence-electron chi connectivity index (χ2n) is 2.67. The predicted molar refractivity (Wildman–Crippen MR) is 53.1 cm³/mol. The molecule has 0 aromatic carbocycles. The van der Waals surface area contributed by atoms with Crippen molar-refractivity contribution in [2.75, 3.05) is 13.3 Å². The number of aliphatic imine (C=N–C) groups is 2. The molecule has 2 rings (SSSR count). The lowest BCUT2D eigenvalue weighted by atomic mass is 10.1.